The van der Waals surface area contributed by atoms with Gasteiger partial charge >= 0.3 is 0 Å². The van der Waals surface area contributed by atoms with Crippen LogP contribution >= 0.6 is 0 Å². The molecule has 1 N–H and O–H groups in total. The van der Waals surface area contributed by atoms with Gasteiger partial charge in [0.15, 0.2) is 0 Å². The van der Waals surface area contributed by atoms with Crippen molar-refractivity contribution < 1.29 is 13.9 Å². The Morgan fingerprint density at radius 1 is 1.34 bits per heavy atom. The van der Waals surface area contributed by atoms with E-state index < -0.39 is 5.95 Å². The Morgan fingerprint density at radius 3 is 2.90 bits per heavy atom. The molecule has 3 aromatic rings. The van der Waals surface area contributed by atoms with Crippen molar-refractivity contribution in [3.05, 3.63) is 30.5 Å². The molecule has 3 heterocycles. The summed E-state index contributed by atoms with van der Waals surface area (Å²) >= 11 is 0. The van der Waals surface area contributed by atoms with Gasteiger partial charge in [-0.25, -0.2) is 4.68 Å². The quantitative estimate of drug-likeness (QED) is 0.694. The van der Waals surface area contributed by atoms with Gasteiger partial charge in [-0.2, -0.15) is 14.6 Å². The minimum absolute atomic E-state index is 0.0278. The van der Waals surface area contributed by atoms with E-state index in [4.69, 9.17) is 4.74 Å². The highest BCUT2D eigenvalue weighted by Crippen LogP contribution is 2.36. The third-order valence-corrected chi connectivity index (χ3v) is 5.92. The van der Waals surface area contributed by atoms with Crippen LogP contribution in [-0.2, 0) is 18.4 Å². The lowest BCUT2D eigenvalue weighted by Crippen LogP contribution is -2.25. The highest BCUT2D eigenvalue weighted by Gasteiger charge is 2.29. The average Bonchev–Trinajstić information content (AvgIpc) is 3.07. The van der Waals surface area contributed by atoms with Crippen molar-refractivity contribution in [2.24, 2.45) is 18.9 Å². The standard InChI is InChI=1S/C21H24FN5O2/c1-12(15-7-19(28)23-8-15)29-18-6-14(5-17-20(18)21(22)26(2)25-17)16-9-24-27(11-16)10-13-3-4-13/h5-6,9,11-13,15H,3-4,7-8,10H2,1-2H3,(H,23,28). The smallest absolute Gasteiger partial charge is 0.222 e. The third kappa shape index (κ3) is 3.47. The van der Waals surface area contributed by atoms with E-state index in [1.54, 1.807) is 7.05 Å². The minimum Gasteiger partial charge on any atom is -0.489 e. The summed E-state index contributed by atoms with van der Waals surface area (Å²) in [5, 5.41) is 12.0. The fourth-order valence-corrected chi connectivity index (χ4v) is 3.95. The molecule has 0 bridgehead atoms. The lowest BCUT2D eigenvalue weighted by Gasteiger charge is -2.20. The number of nitrogens with one attached hydrogen (secondary N) is 1. The van der Waals surface area contributed by atoms with Gasteiger partial charge in [-0.05, 0) is 43.4 Å². The van der Waals surface area contributed by atoms with Crippen molar-refractivity contribution in [3.63, 3.8) is 0 Å². The second-order valence-corrected chi connectivity index (χ2v) is 8.27. The van der Waals surface area contributed by atoms with E-state index in [9.17, 15) is 9.18 Å². The molecule has 1 aliphatic heterocycles. The van der Waals surface area contributed by atoms with Gasteiger partial charge in [-0.1, -0.05) is 0 Å². The maximum atomic E-state index is 14.7. The first-order valence-electron chi connectivity index (χ1n) is 10.1. The van der Waals surface area contributed by atoms with Crippen molar-refractivity contribution in [1.29, 1.82) is 0 Å². The number of rotatable bonds is 6. The van der Waals surface area contributed by atoms with Crippen LogP contribution in [0.15, 0.2) is 24.5 Å². The summed E-state index contributed by atoms with van der Waals surface area (Å²) in [6.07, 6.45) is 6.57. The van der Waals surface area contributed by atoms with Crippen molar-refractivity contribution in [2.45, 2.75) is 38.8 Å². The Hall–Kier alpha value is -2.90. The molecule has 0 radical (unpaired) electrons. The number of carbonyl (C=O) groups excluding carboxylic acids is 1. The zero-order chi connectivity index (χ0) is 20.1. The zero-order valence-electron chi connectivity index (χ0n) is 16.6. The summed E-state index contributed by atoms with van der Waals surface area (Å²) in [6.45, 7) is 3.43. The first-order chi connectivity index (χ1) is 14.0. The molecule has 2 aliphatic rings. The summed E-state index contributed by atoms with van der Waals surface area (Å²) in [4.78, 5) is 11.6. The summed E-state index contributed by atoms with van der Waals surface area (Å²) in [7, 11) is 1.58. The summed E-state index contributed by atoms with van der Waals surface area (Å²) in [5.41, 5.74) is 2.38. The molecule has 29 heavy (non-hydrogen) atoms. The van der Waals surface area contributed by atoms with Gasteiger partial charge in [0, 0.05) is 44.2 Å². The molecule has 152 valence electrons. The van der Waals surface area contributed by atoms with Gasteiger partial charge in [0.25, 0.3) is 0 Å². The van der Waals surface area contributed by atoms with Crippen LogP contribution in [0.4, 0.5) is 4.39 Å². The fourth-order valence-electron chi connectivity index (χ4n) is 3.95. The number of amides is 1. The molecule has 1 saturated carbocycles. The van der Waals surface area contributed by atoms with Crippen LogP contribution in [0.25, 0.3) is 22.0 Å². The molecule has 1 aromatic carbocycles. The lowest BCUT2D eigenvalue weighted by molar-refractivity contribution is -0.119. The number of hydrogen-bond donors (Lipinski definition) is 1. The largest absolute Gasteiger partial charge is 0.489 e. The first kappa shape index (κ1) is 18.1. The van der Waals surface area contributed by atoms with E-state index in [0.717, 1.165) is 23.6 Å². The molecular formula is C21H24FN5O2. The third-order valence-electron chi connectivity index (χ3n) is 5.92. The van der Waals surface area contributed by atoms with E-state index in [0.29, 0.717) is 29.6 Å². The highest BCUT2D eigenvalue weighted by atomic mass is 19.1. The van der Waals surface area contributed by atoms with Crippen molar-refractivity contribution >= 4 is 16.8 Å². The summed E-state index contributed by atoms with van der Waals surface area (Å²) in [6, 6.07) is 3.72. The first-order valence-corrected chi connectivity index (χ1v) is 10.1. The number of halogens is 1. The molecule has 2 fully saturated rings. The molecule has 7 nitrogen and oxygen atoms in total. The van der Waals surface area contributed by atoms with Crippen LogP contribution in [-0.4, -0.2) is 38.1 Å². The maximum absolute atomic E-state index is 14.7. The number of ether oxygens (including phenoxy) is 1. The van der Waals surface area contributed by atoms with Crippen LogP contribution in [0, 0.1) is 17.8 Å². The number of aromatic nitrogens is 4. The Bertz CT molecular complexity index is 1080. The number of fused-ring (bicyclic) bond motifs is 1. The van der Waals surface area contributed by atoms with Crippen LogP contribution in [0.3, 0.4) is 0 Å². The molecule has 8 heteroatoms. The predicted molar refractivity (Wildman–Crippen MR) is 106 cm³/mol. The number of carbonyl (C=O) groups is 1. The topological polar surface area (TPSA) is 74.0 Å². The Morgan fingerprint density at radius 2 is 2.17 bits per heavy atom. The van der Waals surface area contributed by atoms with E-state index >= 15 is 0 Å². The minimum atomic E-state index is -0.432. The SMILES string of the molecule is CC(Oc1cc(-c2cnn(CC3CC3)c2)cc2nn(C)c(F)c12)C1CNC(=O)C1. The van der Waals surface area contributed by atoms with Gasteiger partial charge in [-0.3, -0.25) is 9.48 Å². The van der Waals surface area contributed by atoms with Crippen molar-refractivity contribution in [3.8, 4) is 16.9 Å². The van der Waals surface area contributed by atoms with Gasteiger partial charge in [-0.15, -0.1) is 0 Å². The molecular weight excluding hydrogens is 373 g/mol. The van der Waals surface area contributed by atoms with E-state index in [1.807, 2.05) is 36.1 Å². The molecule has 2 unspecified atom stereocenters. The molecule has 2 atom stereocenters. The summed E-state index contributed by atoms with van der Waals surface area (Å²) in [5.74, 6) is 0.837. The van der Waals surface area contributed by atoms with Crippen LogP contribution in [0.5, 0.6) is 5.75 Å². The molecule has 1 aliphatic carbocycles. The molecule has 2 aromatic heterocycles. The Balaban J connectivity index is 1.50. The van der Waals surface area contributed by atoms with Gasteiger partial charge in [0.2, 0.25) is 11.9 Å². The number of hydrogen-bond acceptors (Lipinski definition) is 4. The summed E-state index contributed by atoms with van der Waals surface area (Å²) < 4.78 is 24.1. The second kappa shape index (κ2) is 6.86. The van der Waals surface area contributed by atoms with E-state index in [-0.39, 0.29) is 17.9 Å². The van der Waals surface area contributed by atoms with E-state index in [2.05, 4.69) is 15.5 Å². The molecule has 0 spiro atoms. The van der Waals surface area contributed by atoms with E-state index in [1.165, 1.54) is 17.5 Å². The lowest BCUT2D eigenvalue weighted by atomic mass is 10.0. The van der Waals surface area contributed by atoms with Crippen molar-refractivity contribution in [2.75, 3.05) is 6.54 Å². The van der Waals surface area contributed by atoms with Gasteiger partial charge < -0.3 is 10.1 Å². The fraction of sp³-hybridized carbons (Fsp3) is 0.476. The number of aryl methyl sites for hydroxylation is 1. The maximum Gasteiger partial charge on any atom is 0.222 e. The predicted octanol–water partition coefficient (Wildman–Crippen LogP) is 2.89. The number of nitrogens with zero attached hydrogens (tertiary/aromatic N) is 4. The van der Waals surface area contributed by atoms with Crippen LogP contribution < -0.4 is 10.1 Å². The zero-order valence-corrected chi connectivity index (χ0v) is 16.6. The van der Waals surface area contributed by atoms with Crippen LogP contribution in [0.2, 0.25) is 0 Å². The molecule has 1 saturated heterocycles. The molecule has 1 amide bonds. The monoisotopic (exact) mass is 397 g/mol. The van der Waals surface area contributed by atoms with Crippen LogP contribution in [0.1, 0.15) is 26.2 Å². The average molecular weight is 397 g/mol. The normalized spacial score (nSPS) is 20.2. The van der Waals surface area contributed by atoms with Crippen molar-refractivity contribution in [1.82, 2.24) is 24.9 Å². The van der Waals surface area contributed by atoms with Gasteiger partial charge in [0.1, 0.15) is 11.9 Å². The second-order valence-electron chi connectivity index (χ2n) is 8.27. The van der Waals surface area contributed by atoms with Gasteiger partial charge in [0.05, 0.1) is 17.1 Å². The molecule has 5 rings (SSSR count). The highest BCUT2D eigenvalue weighted by molar-refractivity contribution is 5.90. The Kier molecular flexibility index (Phi) is 4.29. The Labute approximate surface area is 167 Å². The number of benzene rings is 1.